The molecule has 1 aliphatic carbocycles. The van der Waals surface area contributed by atoms with E-state index in [9.17, 15) is 5.11 Å². The second kappa shape index (κ2) is 4.74. The molecule has 0 amide bonds. The van der Waals surface area contributed by atoms with Crippen molar-refractivity contribution in [3.63, 3.8) is 0 Å². The van der Waals surface area contributed by atoms with Crippen molar-refractivity contribution in [2.75, 3.05) is 27.7 Å². The summed E-state index contributed by atoms with van der Waals surface area (Å²) in [5.74, 6) is 1.73. The van der Waals surface area contributed by atoms with Crippen LogP contribution in [0.15, 0.2) is 18.2 Å². The number of hydrogen-bond donors (Lipinski definition) is 1. The summed E-state index contributed by atoms with van der Waals surface area (Å²) in [6, 6.07) is 2.10. The molecule has 2 aliphatic heterocycles. The molecule has 124 valence electrons. The Balaban J connectivity index is 2.01. The van der Waals surface area contributed by atoms with Gasteiger partial charge in [-0.1, -0.05) is 12.2 Å². The number of methoxy groups -OCH3 is 1. The smallest absolute Gasteiger partial charge is 0.166 e. The first-order valence-electron chi connectivity index (χ1n) is 8.43. The maximum absolute atomic E-state index is 10.1. The van der Waals surface area contributed by atoms with Crippen LogP contribution < -0.4 is 9.47 Å². The van der Waals surface area contributed by atoms with Gasteiger partial charge in [-0.2, -0.15) is 0 Å². The van der Waals surface area contributed by atoms with E-state index in [2.05, 4.69) is 33.2 Å². The fraction of sp³-hybridized carbons (Fsp3) is 0.579. The molecule has 0 fully saturated rings. The number of aliphatic hydroxyl groups excluding tert-OH is 1. The van der Waals surface area contributed by atoms with Gasteiger partial charge in [0.2, 0.25) is 0 Å². The maximum atomic E-state index is 10.1. The van der Waals surface area contributed by atoms with Gasteiger partial charge < -0.3 is 19.1 Å². The Morgan fingerprint density at radius 3 is 2.91 bits per heavy atom. The molecule has 1 aromatic carbocycles. The molecule has 0 aromatic heterocycles. The van der Waals surface area contributed by atoms with Crippen LogP contribution in [0.25, 0.3) is 0 Å². The van der Waals surface area contributed by atoms with Crippen molar-refractivity contribution in [3.05, 3.63) is 34.9 Å². The number of aliphatic hydroxyl groups is 1. The van der Waals surface area contributed by atoms with Crippen molar-refractivity contribution in [2.45, 2.75) is 43.9 Å². The fourth-order valence-electron chi connectivity index (χ4n) is 4.57. The van der Waals surface area contributed by atoms with Crippen LogP contribution in [0, 0.1) is 6.92 Å². The Morgan fingerprint density at radius 2 is 2.17 bits per heavy atom. The molecule has 0 saturated heterocycles. The predicted molar refractivity (Wildman–Crippen MR) is 88.9 cm³/mol. The summed E-state index contributed by atoms with van der Waals surface area (Å²) in [4.78, 5) is 0. The molecule has 1 N–H and O–H groups in total. The average molecular weight is 316 g/mol. The van der Waals surface area contributed by atoms with Crippen LogP contribution in [0.5, 0.6) is 11.5 Å². The number of aryl methyl sites for hydroxylation is 1. The van der Waals surface area contributed by atoms with Gasteiger partial charge in [-0.15, -0.1) is 0 Å². The summed E-state index contributed by atoms with van der Waals surface area (Å²) in [5, 5.41) is 10.1. The summed E-state index contributed by atoms with van der Waals surface area (Å²) in [6.07, 6.45) is 5.46. The van der Waals surface area contributed by atoms with E-state index in [0.717, 1.165) is 35.5 Å². The molecule has 2 heterocycles. The minimum Gasteiger partial charge on any atom is -0.493 e. The Bertz CT molecular complexity index is 694. The van der Waals surface area contributed by atoms with E-state index < -0.39 is 6.10 Å². The summed E-state index contributed by atoms with van der Waals surface area (Å²) < 4.78 is 12.9. The highest BCUT2D eigenvalue weighted by atomic mass is 16.5. The monoisotopic (exact) mass is 316 g/mol. The molecular weight excluding hydrogens is 290 g/mol. The van der Waals surface area contributed by atoms with Crippen molar-refractivity contribution in [3.8, 4) is 11.5 Å². The molecule has 1 aromatic rings. The van der Waals surface area contributed by atoms with E-state index in [0.29, 0.717) is 6.42 Å². The third-order valence-corrected chi connectivity index (χ3v) is 5.88. The highest BCUT2D eigenvalue weighted by Gasteiger charge is 2.54. The summed E-state index contributed by atoms with van der Waals surface area (Å²) in [7, 11) is 6.30. The molecule has 3 aliphatic rings. The van der Waals surface area contributed by atoms with Gasteiger partial charge in [0.1, 0.15) is 12.6 Å². The van der Waals surface area contributed by atoms with Gasteiger partial charge in [0.05, 0.1) is 39.3 Å². The van der Waals surface area contributed by atoms with Gasteiger partial charge in [0.15, 0.2) is 11.5 Å². The second-order valence-electron chi connectivity index (χ2n) is 7.95. The topological polar surface area (TPSA) is 38.7 Å². The summed E-state index contributed by atoms with van der Waals surface area (Å²) in [5.41, 5.74) is 3.87. The first-order valence-corrected chi connectivity index (χ1v) is 8.43. The number of ether oxygens (including phenoxy) is 2. The normalized spacial score (nSPS) is 33.4. The molecule has 0 bridgehead atoms. The Morgan fingerprint density at radius 1 is 1.39 bits per heavy atom. The first kappa shape index (κ1) is 15.0. The van der Waals surface area contributed by atoms with E-state index in [1.165, 1.54) is 16.7 Å². The van der Waals surface area contributed by atoms with Crippen molar-refractivity contribution in [1.29, 1.82) is 0 Å². The van der Waals surface area contributed by atoms with E-state index in [1.807, 2.05) is 6.08 Å². The number of rotatable bonds is 1. The van der Waals surface area contributed by atoms with Gasteiger partial charge in [-0.05, 0) is 18.6 Å². The van der Waals surface area contributed by atoms with E-state index in [4.69, 9.17) is 9.47 Å². The number of hydrogen-bond acceptors (Lipinski definition) is 3. The molecule has 1 spiro atoms. The second-order valence-corrected chi connectivity index (χ2v) is 7.95. The SMILES string of the molecule is COc1cc(C)c2c3c1OC1C[C@@H](O)C=CC31CC[N+](C)(C)C2. The number of nitrogens with zero attached hydrogens (tertiary/aromatic N) is 1. The van der Waals surface area contributed by atoms with E-state index in [-0.39, 0.29) is 11.5 Å². The zero-order chi connectivity index (χ0) is 16.4. The zero-order valence-corrected chi connectivity index (χ0v) is 14.4. The Labute approximate surface area is 137 Å². The standard InChI is InChI=1S/C19H26NO3/c1-12-9-15(22-4)18-17-14(12)11-20(2,3)8-7-19(17)6-5-13(21)10-16(19)23-18/h5-6,9,13,16,21H,7-8,10-11H2,1-4H3/q+1/t13-,16?,19?/m0/s1. The van der Waals surface area contributed by atoms with Crippen LogP contribution >= 0.6 is 0 Å². The van der Waals surface area contributed by atoms with Crippen molar-refractivity contribution < 1.29 is 19.1 Å². The molecule has 4 rings (SSSR count). The van der Waals surface area contributed by atoms with Gasteiger partial charge in [-0.3, -0.25) is 0 Å². The minimum absolute atomic E-state index is 0.00468. The summed E-state index contributed by atoms with van der Waals surface area (Å²) >= 11 is 0. The molecular formula is C19H26NO3+. The van der Waals surface area contributed by atoms with Crippen molar-refractivity contribution in [2.24, 2.45) is 0 Å². The molecule has 0 saturated carbocycles. The molecule has 4 nitrogen and oxygen atoms in total. The van der Waals surface area contributed by atoms with Crippen LogP contribution in [-0.2, 0) is 12.0 Å². The third kappa shape index (κ3) is 2.05. The molecule has 23 heavy (non-hydrogen) atoms. The van der Waals surface area contributed by atoms with Crippen LogP contribution in [0.3, 0.4) is 0 Å². The molecule has 0 radical (unpaired) electrons. The maximum Gasteiger partial charge on any atom is 0.166 e. The van der Waals surface area contributed by atoms with E-state index in [1.54, 1.807) is 7.11 Å². The van der Waals surface area contributed by atoms with Crippen molar-refractivity contribution >= 4 is 0 Å². The van der Waals surface area contributed by atoms with Gasteiger partial charge in [-0.25, -0.2) is 0 Å². The number of benzene rings is 1. The average Bonchev–Trinajstić information content (AvgIpc) is 2.76. The first-order chi connectivity index (χ1) is 10.9. The van der Waals surface area contributed by atoms with Crippen LogP contribution in [0.1, 0.15) is 29.5 Å². The minimum atomic E-state index is -0.416. The lowest BCUT2D eigenvalue weighted by molar-refractivity contribution is -0.903. The van der Waals surface area contributed by atoms with Gasteiger partial charge >= 0.3 is 0 Å². The van der Waals surface area contributed by atoms with Crippen LogP contribution in [0.2, 0.25) is 0 Å². The molecule has 3 atom stereocenters. The summed E-state index contributed by atoms with van der Waals surface area (Å²) in [6.45, 7) is 4.27. The van der Waals surface area contributed by atoms with Crippen LogP contribution in [0.4, 0.5) is 0 Å². The molecule has 4 heteroatoms. The Kier molecular flexibility index (Phi) is 3.10. The fourth-order valence-corrected chi connectivity index (χ4v) is 4.57. The Hall–Kier alpha value is -1.52. The third-order valence-electron chi connectivity index (χ3n) is 5.88. The number of quaternary nitrogens is 1. The lowest BCUT2D eigenvalue weighted by Crippen LogP contribution is -2.45. The van der Waals surface area contributed by atoms with Crippen LogP contribution in [-0.4, -0.2) is 49.5 Å². The van der Waals surface area contributed by atoms with Gasteiger partial charge in [0.25, 0.3) is 0 Å². The quantitative estimate of drug-likeness (QED) is 0.638. The predicted octanol–water partition coefficient (Wildman–Crippen LogP) is 2.30. The lowest BCUT2D eigenvalue weighted by atomic mass is 9.68. The zero-order valence-electron chi connectivity index (χ0n) is 14.4. The highest BCUT2D eigenvalue weighted by Crippen LogP contribution is 2.56. The largest absolute Gasteiger partial charge is 0.493 e. The molecule has 2 unspecified atom stereocenters. The van der Waals surface area contributed by atoms with Gasteiger partial charge in [0, 0.05) is 24.0 Å². The lowest BCUT2D eigenvalue weighted by Gasteiger charge is -2.36. The van der Waals surface area contributed by atoms with Crippen molar-refractivity contribution in [1.82, 2.24) is 0 Å². The van der Waals surface area contributed by atoms with E-state index >= 15 is 0 Å². The highest BCUT2D eigenvalue weighted by molar-refractivity contribution is 5.62.